The van der Waals surface area contributed by atoms with Crippen LogP contribution in [0.15, 0.2) is 24.3 Å². The molecule has 0 saturated carbocycles. The minimum absolute atomic E-state index is 0.0692. The average molecular weight is 327 g/mol. The number of benzene rings is 1. The van der Waals surface area contributed by atoms with Gasteiger partial charge in [0.25, 0.3) is 5.91 Å². The van der Waals surface area contributed by atoms with Crippen LogP contribution in [0.5, 0.6) is 0 Å². The van der Waals surface area contributed by atoms with E-state index < -0.39 is 5.91 Å². The summed E-state index contributed by atoms with van der Waals surface area (Å²) in [5.74, 6) is -0.660. The van der Waals surface area contributed by atoms with Crippen LogP contribution in [-0.2, 0) is 6.54 Å². The van der Waals surface area contributed by atoms with Crippen LogP contribution in [0.4, 0.5) is 4.39 Å². The molecule has 6 heteroatoms. The molecule has 110 valence electrons. The van der Waals surface area contributed by atoms with E-state index >= 15 is 0 Å². The Bertz CT molecular complexity index is 681. The summed E-state index contributed by atoms with van der Waals surface area (Å²) in [5.41, 5.74) is 1.95. The van der Waals surface area contributed by atoms with Crippen molar-refractivity contribution in [3.05, 3.63) is 62.6 Å². The van der Waals surface area contributed by atoms with E-state index in [1.165, 1.54) is 12.1 Å². The van der Waals surface area contributed by atoms with Gasteiger partial charge in [-0.25, -0.2) is 9.37 Å². The van der Waals surface area contributed by atoms with Crippen LogP contribution in [0.2, 0.25) is 10.2 Å². The molecule has 1 aromatic carbocycles. The van der Waals surface area contributed by atoms with Crippen molar-refractivity contribution in [1.29, 1.82) is 0 Å². The van der Waals surface area contributed by atoms with Crippen LogP contribution in [0.25, 0.3) is 0 Å². The summed E-state index contributed by atoms with van der Waals surface area (Å²) in [4.78, 5) is 15.9. The Morgan fingerprint density at radius 3 is 2.48 bits per heavy atom. The fraction of sp³-hybridized carbons (Fsp3) is 0.200. The van der Waals surface area contributed by atoms with Gasteiger partial charge in [-0.1, -0.05) is 35.3 Å². The standard InChI is InChI=1S/C15H13Cl2FN2O/c1-8-5-10(6-9(2)13(8)18)7-19-15(21)14-11(16)3-4-12(17)20-14/h3-6H,7H2,1-2H3,(H,19,21). The minimum Gasteiger partial charge on any atom is -0.347 e. The van der Waals surface area contributed by atoms with E-state index in [1.807, 2.05) is 0 Å². The second kappa shape index (κ2) is 6.41. The molecule has 1 N–H and O–H groups in total. The fourth-order valence-electron chi connectivity index (χ4n) is 1.98. The molecule has 0 radical (unpaired) electrons. The molecule has 0 atom stereocenters. The van der Waals surface area contributed by atoms with E-state index in [1.54, 1.807) is 26.0 Å². The Morgan fingerprint density at radius 2 is 1.86 bits per heavy atom. The summed E-state index contributed by atoms with van der Waals surface area (Å²) in [6, 6.07) is 6.40. The van der Waals surface area contributed by atoms with Gasteiger partial charge in [0.15, 0.2) is 0 Å². The lowest BCUT2D eigenvalue weighted by atomic mass is 10.1. The highest BCUT2D eigenvalue weighted by atomic mass is 35.5. The normalized spacial score (nSPS) is 10.5. The Balaban J connectivity index is 2.13. The van der Waals surface area contributed by atoms with Crippen molar-refractivity contribution >= 4 is 29.1 Å². The van der Waals surface area contributed by atoms with Gasteiger partial charge in [0.05, 0.1) is 5.02 Å². The van der Waals surface area contributed by atoms with Gasteiger partial charge in [-0.2, -0.15) is 0 Å². The summed E-state index contributed by atoms with van der Waals surface area (Å²) < 4.78 is 13.5. The van der Waals surface area contributed by atoms with Crippen LogP contribution in [0, 0.1) is 19.7 Å². The van der Waals surface area contributed by atoms with Gasteiger partial charge in [0.1, 0.15) is 16.7 Å². The minimum atomic E-state index is -0.429. The van der Waals surface area contributed by atoms with Gasteiger partial charge < -0.3 is 5.32 Å². The maximum Gasteiger partial charge on any atom is 0.271 e. The smallest absolute Gasteiger partial charge is 0.271 e. The number of rotatable bonds is 3. The predicted octanol–water partition coefficient (Wildman–Crippen LogP) is 4.07. The lowest BCUT2D eigenvalue weighted by Gasteiger charge is -2.09. The Morgan fingerprint density at radius 1 is 1.24 bits per heavy atom. The topological polar surface area (TPSA) is 42.0 Å². The maximum atomic E-state index is 13.5. The molecular formula is C15H13Cl2FN2O. The Hall–Kier alpha value is -1.65. The molecule has 1 aromatic heterocycles. The largest absolute Gasteiger partial charge is 0.347 e. The van der Waals surface area contributed by atoms with Gasteiger partial charge in [0, 0.05) is 6.54 Å². The lowest BCUT2D eigenvalue weighted by Crippen LogP contribution is -2.24. The SMILES string of the molecule is Cc1cc(CNC(=O)c2nc(Cl)ccc2Cl)cc(C)c1F. The molecule has 0 fully saturated rings. The number of aryl methyl sites for hydroxylation is 2. The quantitative estimate of drug-likeness (QED) is 0.864. The molecule has 0 aliphatic rings. The molecular weight excluding hydrogens is 314 g/mol. The zero-order chi connectivity index (χ0) is 15.6. The first-order chi connectivity index (χ1) is 9.88. The van der Waals surface area contributed by atoms with Crippen LogP contribution >= 0.6 is 23.2 Å². The first-order valence-corrected chi connectivity index (χ1v) is 7.00. The van der Waals surface area contributed by atoms with Crippen molar-refractivity contribution in [1.82, 2.24) is 10.3 Å². The molecule has 21 heavy (non-hydrogen) atoms. The number of hydrogen-bond donors (Lipinski definition) is 1. The predicted molar refractivity (Wildman–Crippen MR) is 81.3 cm³/mol. The van der Waals surface area contributed by atoms with E-state index in [-0.39, 0.29) is 28.2 Å². The number of nitrogens with zero attached hydrogens (tertiary/aromatic N) is 1. The number of carbonyl (C=O) groups is 1. The van der Waals surface area contributed by atoms with Gasteiger partial charge >= 0.3 is 0 Å². The maximum absolute atomic E-state index is 13.5. The van der Waals surface area contributed by atoms with Crippen LogP contribution in [-0.4, -0.2) is 10.9 Å². The number of halogens is 3. The molecule has 1 heterocycles. The van der Waals surface area contributed by atoms with Gasteiger partial charge in [-0.3, -0.25) is 4.79 Å². The highest BCUT2D eigenvalue weighted by molar-refractivity contribution is 6.34. The zero-order valence-corrected chi connectivity index (χ0v) is 13.0. The molecule has 0 aliphatic heterocycles. The summed E-state index contributed by atoms with van der Waals surface area (Å²) in [6.07, 6.45) is 0. The number of pyridine rings is 1. The number of nitrogens with one attached hydrogen (secondary N) is 1. The van der Waals surface area contributed by atoms with Gasteiger partial charge in [0.2, 0.25) is 0 Å². The van der Waals surface area contributed by atoms with Crippen LogP contribution in [0.1, 0.15) is 27.2 Å². The summed E-state index contributed by atoms with van der Waals surface area (Å²) >= 11 is 11.7. The van der Waals surface area contributed by atoms with E-state index in [9.17, 15) is 9.18 Å². The highest BCUT2D eigenvalue weighted by Crippen LogP contribution is 2.17. The number of carbonyl (C=O) groups excluding carboxylic acids is 1. The molecule has 2 aromatic rings. The van der Waals surface area contributed by atoms with Gasteiger partial charge in [-0.05, 0) is 42.7 Å². The summed E-state index contributed by atoms with van der Waals surface area (Å²) in [5, 5.41) is 3.11. The zero-order valence-electron chi connectivity index (χ0n) is 11.5. The molecule has 0 spiro atoms. The molecule has 2 rings (SSSR count). The third-order valence-electron chi connectivity index (χ3n) is 2.98. The van der Waals surface area contributed by atoms with E-state index in [2.05, 4.69) is 10.3 Å². The third-order valence-corrected chi connectivity index (χ3v) is 3.49. The van der Waals surface area contributed by atoms with Crippen molar-refractivity contribution in [2.45, 2.75) is 20.4 Å². The molecule has 3 nitrogen and oxygen atoms in total. The first-order valence-electron chi connectivity index (χ1n) is 6.24. The van der Waals surface area contributed by atoms with Crippen LogP contribution in [0.3, 0.4) is 0 Å². The molecule has 0 bridgehead atoms. The first kappa shape index (κ1) is 15.7. The third kappa shape index (κ3) is 3.71. The number of aromatic nitrogens is 1. The molecule has 0 unspecified atom stereocenters. The lowest BCUT2D eigenvalue weighted by molar-refractivity contribution is 0.0946. The summed E-state index contributed by atoms with van der Waals surface area (Å²) in [6.45, 7) is 3.62. The van der Waals surface area contributed by atoms with E-state index in [4.69, 9.17) is 23.2 Å². The highest BCUT2D eigenvalue weighted by Gasteiger charge is 2.13. The van der Waals surface area contributed by atoms with E-state index in [0.717, 1.165) is 5.56 Å². The Labute approximate surface area is 132 Å². The molecule has 0 aliphatic carbocycles. The fourth-order valence-corrected chi connectivity index (χ4v) is 2.32. The second-order valence-corrected chi connectivity index (χ2v) is 5.49. The average Bonchev–Trinajstić information content (AvgIpc) is 2.44. The van der Waals surface area contributed by atoms with Crippen molar-refractivity contribution in [3.8, 4) is 0 Å². The van der Waals surface area contributed by atoms with Crippen molar-refractivity contribution < 1.29 is 9.18 Å². The van der Waals surface area contributed by atoms with Crippen molar-refractivity contribution in [2.24, 2.45) is 0 Å². The van der Waals surface area contributed by atoms with Gasteiger partial charge in [-0.15, -0.1) is 0 Å². The second-order valence-electron chi connectivity index (χ2n) is 4.69. The number of hydrogen-bond acceptors (Lipinski definition) is 2. The summed E-state index contributed by atoms with van der Waals surface area (Å²) in [7, 11) is 0. The van der Waals surface area contributed by atoms with Crippen molar-refractivity contribution in [2.75, 3.05) is 0 Å². The molecule has 1 amide bonds. The van der Waals surface area contributed by atoms with Crippen molar-refractivity contribution in [3.63, 3.8) is 0 Å². The number of amides is 1. The van der Waals surface area contributed by atoms with Crippen LogP contribution < -0.4 is 5.32 Å². The van der Waals surface area contributed by atoms with E-state index in [0.29, 0.717) is 11.1 Å². The molecule has 0 saturated heterocycles. The Kier molecular flexibility index (Phi) is 4.80. The monoisotopic (exact) mass is 326 g/mol.